The van der Waals surface area contributed by atoms with Crippen molar-refractivity contribution >= 4 is 33.5 Å². The molecule has 25 heavy (non-hydrogen) atoms. The van der Waals surface area contributed by atoms with Crippen molar-refractivity contribution in [2.24, 2.45) is 10.9 Å². The Hall–Kier alpha value is -1.54. The Morgan fingerprint density at radius 3 is 2.68 bits per heavy atom. The van der Waals surface area contributed by atoms with E-state index in [0.717, 1.165) is 12.2 Å². The number of fused-ring (bicyclic) bond motifs is 1. The van der Waals surface area contributed by atoms with Gasteiger partial charge in [-0.25, -0.2) is 8.42 Å². The summed E-state index contributed by atoms with van der Waals surface area (Å²) in [5.41, 5.74) is 0.520. The van der Waals surface area contributed by atoms with Gasteiger partial charge < -0.3 is 5.32 Å². The smallest absolute Gasteiger partial charge is 0.263 e. The number of carbonyl (C=O) groups excluding carboxylic acids is 1. The van der Waals surface area contributed by atoms with Gasteiger partial charge in [0.25, 0.3) is 10.0 Å². The summed E-state index contributed by atoms with van der Waals surface area (Å²) in [6, 6.07) is 6.07. The summed E-state index contributed by atoms with van der Waals surface area (Å²) in [5, 5.41) is 2.91. The van der Waals surface area contributed by atoms with Crippen molar-refractivity contribution in [2.75, 3.05) is 18.6 Å². The number of aliphatic imine (C=N–C) groups is 1. The molecule has 1 aromatic carbocycles. The predicted molar refractivity (Wildman–Crippen MR) is 103 cm³/mol. The van der Waals surface area contributed by atoms with Crippen LogP contribution in [0.4, 0.5) is 0 Å². The fourth-order valence-corrected chi connectivity index (χ4v) is 4.17. The summed E-state index contributed by atoms with van der Waals surface area (Å²) in [4.78, 5) is 17.1. The Balaban J connectivity index is 2.21. The quantitative estimate of drug-likeness (QED) is 0.719. The summed E-state index contributed by atoms with van der Waals surface area (Å²) in [7, 11) is -3.59. The number of amides is 1. The van der Waals surface area contributed by atoms with Crippen LogP contribution in [0.2, 0.25) is 0 Å². The van der Waals surface area contributed by atoms with Crippen LogP contribution in [0.25, 0.3) is 0 Å². The topological polar surface area (TPSA) is 87.6 Å². The zero-order valence-electron chi connectivity index (χ0n) is 14.8. The van der Waals surface area contributed by atoms with E-state index >= 15 is 0 Å². The van der Waals surface area contributed by atoms with E-state index in [-0.39, 0.29) is 16.6 Å². The third kappa shape index (κ3) is 5.22. The van der Waals surface area contributed by atoms with Gasteiger partial charge in [-0.3, -0.25) is 14.5 Å². The van der Waals surface area contributed by atoms with Gasteiger partial charge in [-0.15, -0.1) is 0 Å². The van der Waals surface area contributed by atoms with E-state index in [0.29, 0.717) is 24.4 Å². The number of sulfonamides is 1. The highest BCUT2D eigenvalue weighted by Gasteiger charge is 2.31. The first-order valence-electron chi connectivity index (χ1n) is 8.32. The third-order valence-corrected chi connectivity index (χ3v) is 5.91. The lowest BCUT2D eigenvalue weighted by Crippen LogP contribution is -2.36. The molecular weight excluding hydrogens is 358 g/mol. The summed E-state index contributed by atoms with van der Waals surface area (Å²) in [6.07, 6.45) is 3.42. The van der Waals surface area contributed by atoms with E-state index in [9.17, 15) is 13.2 Å². The molecule has 0 aromatic heterocycles. The highest BCUT2D eigenvalue weighted by atomic mass is 32.2. The van der Waals surface area contributed by atoms with Crippen LogP contribution in [0.3, 0.4) is 0 Å². The van der Waals surface area contributed by atoms with Gasteiger partial charge in [-0.05, 0) is 42.9 Å². The lowest BCUT2D eigenvalue weighted by molar-refractivity contribution is -0.122. The average molecular weight is 384 g/mol. The predicted octanol–water partition coefficient (Wildman–Crippen LogP) is 2.01. The minimum Gasteiger partial charge on any atom is -0.354 e. The van der Waals surface area contributed by atoms with Crippen molar-refractivity contribution in [1.29, 1.82) is 0 Å². The zero-order valence-corrected chi connectivity index (χ0v) is 16.4. The second-order valence-electron chi connectivity index (χ2n) is 6.35. The van der Waals surface area contributed by atoms with E-state index in [1.165, 1.54) is 0 Å². The van der Waals surface area contributed by atoms with Crippen LogP contribution in [0.15, 0.2) is 34.2 Å². The summed E-state index contributed by atoms with van der Waals surface area (Å²) in [6.45, 7) is 4.79. The molecule has 1 heterocycles. The molecule has 2 N–H and O–H groups in total. The van der Waals surface area contributed by atoms with Crippen LogP contribution >= 0.6 is 11.8 Å². The summed E-state index contributed by atoms with van der Waals surface area (Å²) >= 11 is 1.63. The maximum atomic E-state index is 12.5. The molecule has 1 aliphatic heterocycles. The molecule has 1 aliphatic rings. The van der Waals surface area contributed by atoms with Crippen LogP contribution in [0.5, 0.6) is 0 Å². The summed E-state index contributed by atoms with van der Waals surface area (Å²) in [5.74, 6) is 1.37. The standard InChI is InChI=1S/C17H25N3O3S2/c1-12(2)8-10-18-17(21)14(9-11-24-3)19-16-13-6-4-5-7-15(13)25(22,23)20-16/h4-7,12,14H,8-11H2,1-3H3,(H,18,21)(H,19,20). The van der Waals surface area contributed by atoms with Gasteiger partial charge in [0.1, 0.15) is 11.9 Å². The second-order valence-corrected chi connectivity index (χ2v) is 8.99. The molecule has 138 valence electrons. The maximum Gasteiger partial charge on any atom is 0.263 e. The van der Waals surface area contributed by atoms with E-state index in [4.69, 9.17) is 0 Å². The molecule has 8 heteroatoms. The molecule has 0 spiro atoms. The van der Waals surface area contributed by atoms with Crippen molar-refractivity contribution in [3.63, 3.8) is 0 Å². The van der Waals surface area contributed by atoms with Gasteiger partial charge in [0, 0.05) is 12.1 Å². The SMILES string of the molecule is CSCCC(N=C1NS(=O)(=O)c2ccccc21)C(=O)NCCC(C)C. The van der Waals surface area contributed by atoms with Crippen molar-refractivity contribution in [3.8, 4) is 0 Å². The molecule has 0 radical (unpaired) electrons. The molecule has 0 aliphatic carbocycles. The summed E-state index contributed by atoms with van der Waals surface area (Å²) < 4.78 is 26.8. The van der Waals surface area contributed by atoms with Crippen LogP contribution in [-0.4, -0.2) is 44.8 Å². The van der Waals surface area contributed by atoms with E-state index in [2.05, 4.69) is 28.9 Å². The Morgan fingerprint density at radius 1 is 1.28 bits per heavy atom. The Morgan fingerprint density at radius 2 is 2.00 bits per heavy atom. The van der Waals surface area contributed by atoms with Crippen LogP contribution in [0.1, 0.15) is 32.3 Å². The molecule has 1 aromatic rings. The zero-order chi connectivity index (χ0) is 18.4. The largest absolute Gasteiger partial charge is 0.354 e. The second kappa shape index (κ2) is 8.71. The number of nitrogens with one attached hydrogen (secondary N) is 2. The van der Waals surface area contributed by atoms with Gasteiger partial charge in [0.05, 0.1) is 4.90 Å². The fourth-order valence-electron chi connectivity index (χ4n) is 2.47. The van der Waals surface area contributed by atoms with Crippen molar-refractivity contribution in [3.05, 3.63) is 29.8 Å². The number of rotatable bonds is 8. The lowest BCUT2D eigenvalue weighted by Gasteiger charge is -2.14. The highest BCUT2D eigenvalue weighted by Crippen LogP contribution is 2.23. The van der Waals surface area contributed by atoms with Gasteiger partial charge >= 0.3 is 0 Å². The molecular formula is C17H25N3O3S2. The van der Waals surface area contributed by atoms with E-state index < -0.39 is 16.1 Å². The number of hydrogen-bond acceptors (Lipinski definition) is 5. The fraction of sp³-hybridized carbons (Fsp3) is 0.529. The van der Waals surface area contributed by atoms with Crippen LogP contribution in [-0.2, 0) is 14.8 Å². The number of benzene rings is 1. The van der Waals surface area contributed by atoms with Crippen LogP contribution < -0.4 is 10.0 Å². The van der Waals surface area contributed by atoms with Gasteiger partial charge in [0.15, 0.2) is 0 Å². The van der Waals surface area contributed by atoms with Crippen molar-refractivity contribution in [1.82, 2.24) is 10.0 Å². The minimum atomic E-state index is -3.59. The van der Waals surface area contributed by atoms with Crippen molar-refractivity contribution < 1.29 is 13.2 Å². The molecule has 0 saturated carbocycles. The Labute approximate surface area is 153 Å². The first-order chi connectivity index (χ1) is 11.8. The number of hydrogen-bond donors (Lipinski definition) is 2. The number of amidine groups is 1. The third-order valence-electron chi connectivity index (χ3n) is 3.87. The average Bonchev–Trinajstić information content (AvgIpc) is 2.82. The number of thioether (sulfide) groups is 1. The first-order valence-corrected chi connectivity index (χ1v) is 11.2. The number of nitrogens with zero attached hydrogens (tertiary/aromatic N) is 1. The van der Waals surface area contributed by atoms with E-state index in [1.807, 2.05) is 6.26 Å². The van der Waals surface area contributed by atoms with Crippen molar-refractivity contribution in [2.45, 2.75) is 37.6 Å². The van der Waals surface area contributed by atoms with Gasteiger partial charge in [-0.2, -0.15) is 11.8 Å². The Kier molecular flexibility index (Phi) is 6.89. The normalized spacial score (nSPS) is 18.0. The molecule has 1 atom stereocenters. The molecule has 0 saturated heterocycles. The molecule has 0 bridgehead atoms. The molecule has 2 rings (SSSR count). The van der Waals surface area contributed by atoms with E-state index in [1.54, 1.807) is 36.0 Å². The first kappa shape index (κ1) is 19.8. The monoisotopic (exact) mass is 383 g/mol. The lowest BCUT2D eigenvalue weighted by atomic mass is 10.1. The van der Waals surface area contributed by atoms with Gasteiger partial charge in [-0.1, -0.05) is 26.0 Å². The Bertz CT molecular complexity index is 745. The number of carbonyl (C=O) groups is 1. The molecule has 6 nitrogen and oxygen atoms in total. The maximum absolute atomic E-state index is 12.5. The molecule has 0 fully saturated rings. The highest BCUT2D eigenvalue weighted by molar-refractivity contribution is 7.98. The van der Waals surface area contributed by atoms with Crippen LogP contribution in [0, 0.1) is 5.92 Å². The molecule has 1 amide bonds. The minimum absolute atomic E-state index is 0.161. The van der Waals surface area contributed by atoms with Gasteiger partial charge in [0.2, 0.25) is 5.91 Å². The molecule has 1 unspecified atom stereocenters.